The zero-order valence-corrected chi connectivity index (χ0v) is 11.1. The molecule has 0 aromatic heterocycles. The second-order valence-electron chi connectivity index (χ2n) is 4.51. The summed E-state index contributed by atoms with van der Waals surface area (Å²) in [6, 6.07) is 21.0. The maximum Gasteiger partial charge on any atom is 0.0364 e. The van der Waals surface area contributed by atoms with Gasteiger partial charge in [-0.15, -0.1) is 0 Å². The van der Waals surface area contributed by atoms with E-state index in [1.54, 1.807) is 0 Å². The molecule has 2 aromatic carbocycles. The molecule has 0 fully saturated rings. The lowest BCUT2D eigenvalue weighted by atomic mass is 10.3. The number of benzene rings is 2. The van der Waals surface area contributed by atoms with Crippen molar-refractivity contribution in [2.24, 2.45) is 0 Å². The summed E-state index contributed by atoms with van der Waals surface area (Å²) in [5.41, 5.74) is 2.53. The topological polar surface area (TPSA) is 6.48 Å². The van der Waals surface area contributed by atoms with Gasteiger partial charge in [0.05, 0.1) is 0 Å². The number of rotatable bonds is 5. The second-order valence-corrected chi connectivity index (χ2v) is 4.51. The lowest BCUT2D eigenvalue weighted by Gasteiger charge is -2.25. The zero-order chi connectivity index (χ0) is 12.8. The lowest BCUT2D eigenvalue weighted by Crippen LogP contribution is -2.30. The van der Waals surface area contributed by atoms with Gasteiger partial charge in [-0.2, -0.15) is 0 Å². The largest absolute Gasteiger partial charge is 0.373 e. The van der Waals surface area contributed by atoms with Crippen molar-refractivity contribution in [2.75, 3.05) is 37.0 Å². The summed E-state index contributed by atoms with van der Waals surface area (Å²) in [4.78, 5) is 4.55. The fourth-order valence-electron chi connectivity index (χ4n) is 1.92. The Balaban J connectivity index is 1.89. The second kappa shape index (κ2) is 6.10. The minimum atomic E-state index is 1.01. The number of para-hydroxylation sites is 2. The van der Waals surface area contributed by atoms with Crippen molar-refractivity contribution in [1.82, 2.24) is 0 Å². The van der Waals surface area contributed by atoms with Crippen LogP contribution in [0, 0.1) is 0 Å². The van der Waals surface area contributed by atoms with Crippen LogP contribution in [0.4, 0.5) is 11.4 Å². The lowest BCUT2D eigenvalue weighted by molar-refractivity contribution is 0.833. The molecule has 0 N–H and O–H groups in total. The number of likely N-dealkylation sites (N-methyl/N-ethyl adjacent to an activating group) is 2. The molecular formula is C16H20N2. The highest BCUT2D eigenvalue weighted by atomic mass is 15.2. The molecule has 0 amide bonds. The predicted molar refractivity (Wildman–Crippen MR) is 79.4 cm³/mol. The Bertz CT molecular complexity index is 408. The smallest absolute Gasteiger partial charge is 0.0364 e. The highest BCUT2D eigenvalue weighted by molar-refractivity contribution is 5.47. The average molecular weight is 240 g/mol. The Morgan fingerprint density at radius 1 is 0.611 bits per heavy atom. The van der Waals surface area contributed by atoms with Crippen molar-refractivity contribution in [3.05, 3.63) is 60.7 Å². The van der Waals surface area contributed by atoms with Gasteiger partial charge in [0.25, 0.3) is 0 Å². The van der Waals surface area contributed by atoms with Crippen LogP contribution in [-0.4, -0.2) is 27.2 Å². The zero-order valence-electron chi connectivity index (χ0n) is 11.1. The molecule has 0 radical (unpaired) electrons. The molecule has 94 valence electrons. The summed E-state index contributed by atoms with van der Waals surface area (Å²) in [6.07, 6.45) is 0. The third kappa shape index (κ3) is 3.27. The van der Waals surface area contributed by atoms with Gasteiger partial charge < -0.3 is 9.80 Å². The first-order valence-corrected chi connectivity index (χ1v) is 6.30. The van der Waals surface area contributed by atoms with Crippen LogP contribution >= 0.6 is 0 Å². The molecule has 0 saturated heterocycles. The molecule has 0 bridgehead atoms. The first-order chi connectivity index (χ1) is 8.77. The Labute approximate surface area is 109 Å². The summed E-state index contributed by atoms with van der Waals surface area (Å²) in [6.45, 7) is 2.02. The average Bonchev–Trinajstić information content (AvgIpc) is 2.46. The molecule has 2 heteroatoms. The molecule has 0 aliphatic carbocycles. The van der Waals surface area contributed by atoms with E-state index >= 15 is 0 Å². The first kappa shape index (κ1) is 12.5. The molecular weight excluding hydrogens is 220 g/mol. The molecule has 2 rings (SSSR count). The number of hydrogen-bond donors (Lipinski definition) is 0. The van der Waals surface area contributed by atoms with E-state index in [4.69, 9.17) is 0 Å². The van der Waals surface area contributed by atoms with Crippen LogP contribution in [0.5, 0.6) is 0 Å². The van der Waals surface area contributed by atoms with Crippen LogP contribution in [0.15, 0.2) is 60.7 Å². The maximum atomic E-state index is 2.28. The van der Waals surface area contributed by atoms with E-state index in [2.05, 4.69) is 72.4 Å². The fourth-order valence-corrected chi connectivity index (χ4v) is 1.92. The van der Waals surface area contributed by atoms with Gasteiger partial charge in [-0.25, -0.2) is 0 Å². The van der Waals surface area contributed by atoms with E-state index in [-0.39, 0.29) is 0 Å². The van der Waals surface area contributed by atoms with E-state index in [9.17, 15) is 0 Å². The molecule has 18 heavy (non-hydrogen) atoms. The van der Waals surface area contributed by atoms with E-state index in [0.717, 1.165) is 13.1 Å². The normalized spacial score (nSPS) is 10.1. The Hall–Kier alpha value is -1.96. The van der Waals surface area contributed by atoms with E-state index in [0.29, 0.717) is 0 Å². The Morgan fingerprint density at radius 2 is 0.944 bits per heavy atom. The van der Waals surface area contributed by atoms with Crippen molar-refractivity contribution < 1.29 is 0 Å². The van der Waals surface area contributed by atoms with Gasteiger partial charge in [-0.1, -0.05) is 36.4 Å². The third-order valence-electron chi connectivity index (χ3n) is 3.16. The van der Waals surface area contributed by atoms with Gasteiger partial charge in [-0.3, -0.25) is 0 Å². The molecule has 0 aliphatic heterocycles. The standard InChI is InChI=1S/C16H20N2/c1-17(15-9-5-3-6-10-15)13-14-18(2)16-11-7-4-8-12-16/h3-12H,13-14H2,1-2H3. The molecule has 0 heterocycles. The highest BCUT2D eigenvalue weighted by Gasteiger charge is 2.03. The molecule has 0 atom stereocenters. The minimum Gasteiger partial charge on any atom is -0.373 e. The van der Waals surface area contributed by atoms with Gasteiger partial charge in [0, 0.05) is 38.6 Å². The van der Waals surface area contributed by atoms with Crippen LogP contribution in [-0.2, 0) is 0 Å². The fraction of sp³-hybridized carbons (Fsp3) is 0.250. The van der Waals surface area contributed by atoms with E-state index < -0.39 is 0 Å². The van der Waals surface area contributed by atoms with Crippen LogP contribution in [0.2, 0.25) is 0 Å². The summed E-state index contributed by atoms with van der Waals surface area (Å²) < 4.78 is 0. The summed E-state index contributed by atoms with van der Waals surface area (Å²) in [5, 5.41) is 0. The minimum absolute atomic E-state index is 1.01. The van der Waals surface area contributed by atoms with Gasteiger partial charge in [-0.05, 0) is 24.3 Å². The van der Waals surface area contributed by atoms with Crippen molar-refractivity contribution in [3.8, 4) is 0 Å². The van der Waals surface area contributed by atoms with Crippen molar-refractivity contribution in [1.29, 1.82) is 0 Å². The summed E-state index contributed by atoms with van der Waals surface area (Å²) in [5.74, 6) is 0. The van der Waals surface area contributed by atoms with Gasteiger partial charge in [0.1, 0.15) is 0 Å². The highest BCUT2D eigenvalue weighted by Crippen LogP contribution is 2.13. The molecule has 0 saturated carbocycles. The van der Waals surface area contributed by atoms with Crippen molar-refractivity contribution in [3.63, 3.8) is 0 Å². The molecule has 2 nitrogen and oxygen atoms in total. The number of anilines is 2. The third-order valence-corrected chi connectivity index (χ3v) is 3.16. The first-order valence-electron chi connectivity index (χ1n) is 6.30. The summed E-state index contributed by atoms with van der Waals surface area (Å²) in [7, 11) is 4.27. The number of nitrogens with zero attached hydrogens (tertiary/aromatic N) is 2. The molecule has 0 spiro atoms. The molecule has 0 aliphatic rings. The van der Waals surface area contributed by atoms with Gasteiger partial charge in [0.15, 0.2) is 0 Å². The molecule has 0 unspecified atom stereocenters. The van der Waals surface area contributed by atoms with Gasteiger partial charge >= 0.3 is 0 Å². The van der Waals surface area contributed by atoms with Crippen LogP contribution in [0.3, 0.4) is 0 Å². The van der Waals surface area contributed by atoms with Crippen molar-refractivity contribution in [2.45, 2.75) is 0 Å². The van der Waals surface area contributed by atoms with Crippen LogP contribution in [0.25, 0.3) is 0 Å². The molecule has 2 aromatic rings. The van der Waals surface area contributed by atoms with E-state index in [1.165, 1.54) is 11.4 Å². The SMILES string of the molecule is CN(CCN(C)c1ccccc1)c1ccccc1. The monoisotopic (exact) mass is 240 g/mol. The van der Waals surface area contributed by atoms with E-state index in [1.807, 2.05) is 12.1 Å². The Morgan fingerprint density at radius 3 is 1.28 bits per heavy atom. The number of hydrogen-bond acceptors (Lipinski definition) is 2. The predicted octanol–water partition coefficient (Wildman–Crippen LogP) is 3.26. The Kier molecular flexibility index (Phi) is 4.24. The van der Waals surface area contributed by atoms with Gasteiger partial charge in [0.2, 0.25) is 0 Å². The van der Waals surface area contributed by atoms with Crippen LogP contribution < -0.4 is 9.80 Å². The van der Waals surface area contributed by atoms with Crippen molar-refractivity contribution >= 4 is 11.4 Å². The summed E-state index contributed by atoms with van der Waals surface area (Å²) >= 11 is 0. The maximum absolute atomic E-state index is 2.28. The van der Waals surface area contributed by atoms with Crippen LogP contribution in [0.1, 0.15) is 0 Å². The quantitative estimate of drug-likeness (QED) is 0.791.